The van der Waals surface area contributed by atoms with Gasteiger partial charge in [-0.2, -0.15) is 5.10 Å². The van der Waals surface area contributed by atoms with Crippen LogP contribution in [0.15, 0.2) is 30.3 Å². The van der Waals surface area contributed by atoms with Crippen molar-refractivity contribution in [2.45, 2.75) is 26.2 Å². The minimum Gasteiger partial charge on any atom is -0.299 e. The Morgan fingerprint density at radius 3 is 2.65 bits per heavy atom. The molecule has 0 saturated carbocycles. The summed E-state index contributed by atoms with van der Waals surface area (Å²) in [6.07, 6.45) is 3.34. The molecule has 9 heteroatoms. The summed E-state index contributed by atoms with van der Waals surface area (Å²) in [5, 5.41) is 7.70. The molecule has 2 aromatic heterocycles. The van der Waals surface area contributed by atoms with Gasteiger partial charge in [0.1, 0.15) is 0 Å². The summed E-state index contributed by atoms with van der Waals surface area (Å²) in [5.74, 6) is 6.17. The molecule has 1 aliphatic rings. The minimum atomic E-state index is -0.216. The molecule has 178 valence electrons. The number of rotatable bonds is 5. The average molecular weight is 516 g/mol. The fourth-order valence-corrected chi connectivity index (χ4v) is 5.30. The topological polar surface area (TPSA) is 53.4 Å². The monoisotopic (exact) mass is 515 g/mol. The third-order valence-electron chi connectivity index (χ3n) is 5.54. The molecule has 6 nitrogen and oxygen atoms in total. The number of hydrogen-bond donors (Lipinski definition) is 1. The molecule has 3 aromatic rings. The summed E-state index contributed by atoms with van der Waals surface area (Å²) in [6, 6.07) is 9.28. The molecule has 1 saturated heterocycles. The first-order valence-corrected chi connectivity index (χ1v) is 12.8. The normalized spacial score (nSPS) is 14.2. The van der Waals surface area contributed by atoms with E-state index in [1.165, 1.54) is 6.42 Å². The molecule has 1 N–H and O–H groups in total. The van der Waals surface area contributed by atoms with Crippen molar-refractivity contribution in [1.29, 1.82) is 0 Å². The summed E-state index contributed by atoms with van der Waals surface area (Å²) in [4.78, 5) is 17.1. The van der Waals surface area contributed by atoms with Crippen LogP contribution in [0, 0.1) is 18.8 Å². The maximum atomic E-state index is 13.2. The lowest BCUT2D eigenvalue weighted by Crippen LogP contribution is -2.45. The Balaban J connectivity index is 1.75. The smallest absolute Gasteiger partial charge is 0.286 e. The second-order valence-corrected chi connectivity index (χ2v) is 10.4. The summed E-state index contributed by atoms with van der Waals surface area (Å²) in [5.41, 5.74) is 5.67. The van der Waals surface area contributed by atoms with Crippen LogP contribution in [-0.4, -0.2) is 59.3 Å². The first kappa shape index (κ1) is 24.8. The first-order valence-electron chi connectivity index (χ1n) is 11.2. The number of nitrogens with zero attached hydrogens (tertiary/aromatic N) is 4. The van der Waals surface area contributed by atoms with Crippen LogP contribution in [-0.2, 0) is 0 Å². The van der Waals surface area contributed by atoms with Gasteiger partial charge in [-0.25, -0.2) is 9.69 Å². The lowest BCUT2D eigenvalue weighted by Gasteiger charge is -2.26. The molecular weight excluding hydrogens is 489 g/mol. The number of piperidine rings is 1. The number of aromatic nitrogens is 2. The molecule has 4 rings (SSSR count). The van der Waals surface area contributed by atoms with Crippen LogP contribution < -0.4 is 5.43 Å². The zero-order chi connectivity index (χ0) is 24.2. The van der Waals surface area contributed by atoms with E-state index < -0.39 is 0 Å². The number of hydrazine groups is 1. The number of amides is 1. The molecule has 3 heterocycles. The molecule has 1 amide bonds. The second-order valence-electron chi connectivity index (χ2n) is 8.52. The molecule has 1 aromatic carbocycles. The summed E-state index contributed by atoms with van der Waals surface area (Å²) < 4.78 is 1.74. The number of benzene rings is 1. The standard InChI is InChI=1S/C25H27Cl2N5OS/c1-17-23(25(33)29-31-14-5-4-6-15-31)28-32(21-11-9-18(26)16-20(21)27)24(17)22-12-10-19(34-22)8-7-13-30(2)3/h9-12,16H,4-6,13-15H2,1-3H3,(H,29,33). The van der Waals surface area contributed by atoms with Crippen LogP contribution in [0.1, 0.15) is 40.2 Å². The van der Waals surface area contributed by atoms with Crippen LogP contribution in [0.25, 0.3) is 16.3 Å². The number of hydrogen-bond acceptors (Lipinski definition) is 5. The molecule has 1 fully saturated rings. The van der Waals surface area contributed by atoms with Crippen LogP contribution >= 0.6 is 34.5 Å². The predicted molar refractivity (Wildman–Crippen MR) is 140 cm³/mol. The Kier molecular flexibility index (Phi) is 7.97. The predicted octanol–water partition coefficient (Wildman–Crippen LogP) is 5.26. The Hall–Kier alpha value is -2.34. The lowest BCUT2D eigenvalue weighted by molar-refractivity contribution is 0.0743. The van der Waals surface area contributed by atoms with Crippen molar-refractivity contribution in [2.75, 3.05) is 33.7 Å². The van der Waals surface area contributed by atoms with Crippen molar-refractivity contribution < 1.29 is 4.79 Å². The van der Waals surface area contributed by atoms with E-state index in [1.54, 1.807) is 28.2 Å². The van der Waals surface area contributed by atoms with Crippen LogP contribution in [0.4, 0.5) is 0 Å². The fraction of sp³-hybridized carbons (Fsp3) is 0.360. The van der Waals surface area contributed by atoms with Crippen LogP contribution in [0.3, 0.4) is 0 Å². The number of halogens is 2. The van der Waals surface area contributed by atoms with E-state index in [2.05, 4.69) is 17.3 Å². The van der Waals surface area contributed by atoms with E-state index in [-0.39, 0.29) is 5.91 Å². The molecule has 0 spiro atoms. The van der Waals surface area contributed by atoms with Gasteiger partial charge in [0, 0.05) is 23.7 Å². The second kappa shape index (κ2) is 10.9. The molecule has 0 aliphatic carbocycles. The van der Waals surface area contributed by atoms with E-state index in [1.807, 2.05) is 49.1 Å². The maximum absolute atomic E-state index is 13.2. The van der Waals surface area contributed by atoms with Crippen LogP contribution in [0.5, 0.6) is 0 Å². The van der Waals surface area contributed by atoms with Gasteiger partial charge in [-0.05, 0) is 64.2 Å². The van der Waals surface area contributed by atoms with Crippen molar-refractivity contribution in [3.63, 3.8) is 0 Å². The highest BCUT2D eigenvalue weighted by Gasteiger charge is 2.25. The Morgan fingerprint density at radius 1 is 1.18 bits per heavy atom. The van der Waals surface area contributed by atoms with Crippen molar-refractivity contribution >= 4 is 40.4 Å². The summed E-state index contributed by atoms with van der Waals surface area (Å²) in [7, 11) is 3.98. The van der Waals surface area contributed by atoms with Crippen molar-refractivity contribution in [3.05, 3.63) is 56.5 Å². The number of carbonyl (C=O) groups is 1. The molecule has 34 heavy (non-hydrogen) atoms. The van der Waals surface area contributed by atoms with Crippen molar-refractivity contribution in [1.82, 2.24) is 25.1 Å². The summed E-state index contributed by atoms with van der Waals surface area (Å²) in [6.45, 7) is 4.30. The largest absolute Gasteiger partial charge is 0.299 e. The van der Waals surface area contributed by atoms with Gasteiger partial charge in [0.2, 0.25) is 0 Å². The van der Waals surface area contributed by atoms with E-state index >= 15 is 0 Å². The zero-order valence-electron chi connectivity index (χ0n) is 19.5. The van der Waals surface area contributed by atoms with Gasteiger partial charge in [-0.3, -0.25) is 15.1 Å². The van der Waals surface area contributed by atoms with E-state index in [0.29, 0.717) is 28.0 Å². The van der Waals surface area contributed by atoms with E-state index in [9.17, 15) is 4.79 Å². The van der Waals surface area contributed by atoms with Gasteiger partial charge in [-0.15, -0.1) is 11.3 Å². The van der Waals surface area contributed by atoms with E-state index in [4.69, 9.17) is 28.3 Å². The number of nitrogens with one attached hydrogen (secondary N) is 1. The lowest BCUT2D eigenvalue weighted by atomic mass is 10.1. The SMILES string of the molecule is Cc1c(C(=O)NN2CCCCC2)nn(-c2ccc(Cl)cc2Cl)c1-c1ccc(C#CCN(C)C)s1. The third-order valence-corrected chi connectivity index (χ3v) is 7.08. The highest BCUT2D eigenvalue weighted by Crippen LogP contribution is 2.36. The molecule has 0 unspecified atom stereocenters. The van der Waals surface area contributed by atoms with Gasteiger partial charge in [-0.1, -0.05) is 41.5 Å². The quantitative estimate of drug-likeness (QED) is 0.470. The zero-order valence-corrected chi connectivity index (χ0v) is 21.8. The molecule has 0 radical (unpaired) electrons. The number of thiophene rings is 1. The third kappa shape index (κ3) is 5.65. The number of carbonyl (C=O) groups excluding carboxylic acids is 1. The van der Waals surface area contributed by atoms with Gasteiger partial charge < -0.3 is 0 Å². The average Bonchev–Trinajstić information content (AvgIpc) is 3.38. The van der Waals surface area contributed by atoms with Gasteiger partial charge >= 0.3 is 0 Å². The van der Waals surface area contributed by atoms with Gasteiger partial charge in [0.05, 0.1) is 32.7 Å². The fourth-order valence-electron chi connectivity index (χ4n) is 3.85. The highest BCUT2D eigenvalue weighted by molar-refractivity contribution is 7.16. The van der Waals surface area contributed by atoms with Gasteiger partial charge in [0.25, 0.3) is 5.91 Å². The summed E-state index contributed by atoms with van der Waals surface area (Å²) >= 11 is 14.2. The maximum Gasteiger partial charge on any atom is 0.286 e. The van der Waals surface area contributed by atoms with Gasteiger partial charge in [0.15, 0.2) is 5.69 Å². The molecule has 1 aliphatic heterocycles. The Morgan fingerprint density at radius 2 is 1.94 bits per heavy atom. The Bertz CT molecular complexity index is 1250. The highest BCUT2D eigenvalue weighted by atomic mass is 35.5. The van der Waals surface area contributed by atoms with Crippen molar-refractivity contribution in [2.24, 2.45) is 0 Å². The molecule has 0 bridgehead atoms. The molecular formula is C25H27Cl2N5OS. The first-order chi connectivity index (χ1) is 16.3. The van der Waals surface area contributed by atoms with Crippen molar-refractivity contribution in [3.8, 4) is 28.1 Å². The van der Waals surface area contributed by atoms with Crippen LogP contribution in [0.2, 0.25) is 10.0 Å². The Labute approximate surface area is 214 Å². The minimum absolute atomic E-state index is 0.216. The van der Waals surface area contributed by atoms with E-state index in [0.717, 1.165) is 46.9 Å². The molecule has 0 atom stereocenters.